The number of nitrogens with zero attached hydrogens (tertiary/aromatic N) is 1. The standard InChI is InChI=1S/C13H16ClN3S/c1-8-9(14)4-5-10(15)11(8)17-13(2,3)12-16-6-7-18-12/h4-7,17H,15H2,1-3H3. The van der Waals surface area contributed by atoms with Gasteiger partial charge in [-0.25, -0.2) is 4.98 Å². The van der Waals surface area contributed by atoms with E-state index in [4.69, 9.17) is 17.3 Å². The number of nitrogen functional groups attached to an aromatic ring is 1. The lowest BCUT2D eigenvalue weighted by Gasteiger charge is -2.27. The van der Waals surface area contributed by atoms with Gasteiger partial charge in [-0.2, -0.15) is 0 Å². The van der Waals surface area contributed by atoms with Crippen LogP contribution in [0.1, 0.15) is 24.4 Å². The van der Waals surface area contributed by atoms with Crippen LogP contribution in [0.15, 0.2) is 23.7 Å². The van der Waals surface area contributed by atoms with Crippen LogP contribution in [0.25, 0.3) is 0 Å². The van der Waals surface area contributed by atoms with Crippen LogP contribution in [0.2, 0.25) is 5.02 Å². The molecule has 0 aliphatic heterocycles. The lowest BCUT2D eigenvalue weighted by molar-refractivity contribution is 0.604. The first-order chi connectivity index (χ1) is 8.42. The van der Waals surface area contributed by atoms with Crippen LogP contribution >= 0.6 is 22.9 Å². The van der Waals surface area contributed by atoms with E-state index in [9.17, 15) is 0 Å². The summed E-state index contributed by atoms with van der Waals surface area (Å²) in [7, 11) is 0. The summed E-state index contributed by atoms with van der Waals surface area (Å²) in [5.74, 6) is 0. The molecule has 1 heterocycles. The molecule has 5 heteroatoms. The molecule has 1 aromatic carbocycles. The minimum absolute atomic E-state index is 0.280. The van der Waals surface area contributed by atoms with Crippen LogP contribution < -0.4 is 11.1 Å². The maximum absolute atomic E-state index is 6.13. The molecule has 2 rings (SSSR count). The molecule has 0 amide bonds. The van der Waals surface area contributed by atoms with Crippen molar-refractivity contribution in [2.45, 2.75) is 26.3 Å². The molecule has 0 aliphatic rings. The first-order valence-corrected chi connectivity index (χ1v) is 6.90. The average molecular weight is 282 g/mol. The molecule has 0 saturated heterocycles. The summed E-state index contributed by atoms with van der Waals surface area (Å²) in [6.07, 6.45) is 1.80. The fourth-order valence-corrected chi connectivity index (χ4v) is 2.65. The van der Waals surface area contributed by atoms with Gasteiger partial charge in [-0.15, -0.1) is 11.3 Å². The Kier molecular flexibility index (Phi) is 3.50. The van der Waals surface area contributed by atoms with Gasteiger partial charge in [-0.1, -0.05) is 11.6 Å². The van der Waals surface area contributed by atoms with Gasteiger partial charge in [0.1, 0.15) is 5.01 Å². The number of nitrogens with one attached hydrogen (secondary N) is 1. The van der Waals surface area contributed by atoms with Crippen molar-refractivity contribution in [3.63, 3.8) is 0 Å². The van der Waals surface area contributed by atoms with Crippen LogP contribution in [0, 0.1) is 6.92 Å². The molecule has 0 atom stereocenters. The van der Waals surface area contributed by atoms with Crippen LogP contribution in [0.5, 0.6) is 0 Å². The van der Waals surface area contributed by atoms with Gasteiger partial charge in [-0.3, -0.25) is 0 Å². The third-order valence-corrected chi connectivity index (χ3v) is 4.34. The van der Waals surface area contributed by atoms with Gasteiger partial charge in [0.15, 0.2) is 0 Å². The minimum atomic E-state index is -0.280. The molecular weight excluding hydrogens is 266 g/mol. The van der Waals surface area contributed by atoms with E-state index in [0.717, 1.165) is 16.3 Å². The second-order valence-electron chi connectivity index (χ2n) is 4.72. The van der Waals surface area contributed by atoms with Crippen molar-refractivity contribution in [3.8, 4) is 0 Å². The molecule has 3 nitrogen and oxygen atoms in total. The van der Waals surface area contributed by atoms with Crippen LogP contribution in [-0.4, -0.2) is 4.98 Å². The zero-order valence-electron chi connectivity index (χ0n) is 10.6. The smallest absolute Gasteiger partial charge is 0.117 e. The Morgan fingerprint density at radius 1 is 1.39 bits per heavy atom. The number of rotatable bonds is 3. The maximum Gasteiger partial charge on any atom is 0.117 e. The molecule has 0 radical (unpaired) electrons. The summed E-state index contributed by atoms with van der Waals surface area (Å²) >= 11 is 7.75. The number of aromatic nitrogens is 1. The Morgan fingerprint density at radius 2 is 2.11 bits per heavy atom. The lowest BCUT2D eigenvalue weighted by Crippen LogP contribution is -2.28. The highest BCUT2D eigenvalue weighted by Crippen LogP contribution is 2.34. The Bertz CT molecular complexity index is 550. The zero-order chi connectivity index (χ0) is 13.3. The predicted molar refractivity (Wildman–Crippen MR) is 79.4 cm³/mol. The zero-order valence-corrected chi connectivity index (χ0v) is 12.2. The van der Waals surface area contributed by atoms with Gasteiger partial charge in [0.2, 0.25) is 0 Å². The quantitative estimate of drug-likeness (QED) is 0.835. The van der Waals surface area contributed by atoms with Crippen molar-refractivity contribution in [1.82, 2.24) is 4.98 Å². The summed E-state index contributed by atoms with van der Waals surface area (Å²) in [4.78, 5) is 4.35. The van der Waals surface area contributed by atoms with E-state index >= 15 is 0 Å². The van der Waals surface area contributed by atoms with Gasteiger partial charge in [0.25, 0.3) is 0 Å². The number of halogens is 1. The molecule has 0 fully saturated rings. The van der Waals surface area contributed by atoms with Crippen LogP contribution in [0.4, 0.5) is 11.4 Å². The van der Waals surface area contributed by atoms with Crippen molar-refractivity contribution in [3.05, 3.63) is 39.3 Å². The second-order valence-corrected chi connectivity index (χ2v) is 6.03. The largest absolute Gasteiger partial charge is 0.397 e. The Balaban J connectivity index is 2.38. The molecule has 2 aromatic rings. The molecule has 3 N–H and O–H groups in total. The van der Waals surface area contributed by atoms with Gasteiger partial charge >= 0.3 is 0 Å². The predicted octanol–water partition coefficient (Wildman–Crippen LogP) is 4.03. The Hall–Kier alpha value is -1.26. The van der Waals surface area contributed by atoms with Gasteiger partial charge in [0.05, 0.1) is 16.9 Å². The van der Waals surface area contributed by atoms with Crippen molar-refractivity contribution in [2.75, 3.05) is 11.1 Å². The van der Waals surface area contributed by atoms with Gasteiger partial charge in [-0.05, 0) is 38.5 Å². The van der Waals surface area contributed by atoms with Gasteiger partial charge < -0.3 is 11.1 Å². The first kappa shape index (κ1) is 13.2. The number of nitrogens with two attached hydrogens (primary N) is 1. The third kappa shape index (κ3) is 2.44. The van der Waals surface area contributed by atoms with E-state index in [1.54, 1.807) is 17.5 Å². The summed E-state index contributed by atoms with van der Waals surface area (Å²) in [6.45, 7) is 6.11. The molecule has 0 saturated carbocycles. The lowest BCUT2D eigenvalue weighted by atomic mass is 10.0. The van der Waals surface area contributed by atoms with Crippen LogP contribution in [0.3, 0.4) is 0 Å². The highest BCUT2D eigenvalue weighted by molar-refractivity contribution is 7.09. The molecule has 0 unspecified atom stereocenters. The fourth-order valence-electron chi connectivity index (χ4n) is 1.77. The molecule has 1 aromatic heterocycles. The number of thiazole rings is 1. The first-order valence-electron chi connectivity index (χ1n) is 5.64. The fraction of sp³-hybridized carbons (Fsp3) is 0.308. The van der Waals surface area contributed by atoms with Gasteiger partial charge in [0, 0.05) is 16.6 Å². The van der Waals surface area contributed by atoms with E-state index in [-0.39, 0.29) is 5.54 Å². The molecular formula is C13H16ClN3S. The van der Waals surface area contributed by atoms with Crippen molar-refractivity contribution in [1.29, 1.82) is 0 Å². The van der Waals surface area contributed by atoms with Crippen molar-refractivity contribution < 1.29 is 0 Å². The monoisotopic (exact) mass is 281 g/mol. The molecule has 18 heavy (non-hydrogen) atoms. The van der Waals surface area contributed by atoms with Crippen molar-refractivity contribution in [2.24, 2.45) is 0 Å². The van der Waals surface area contributed by atoms with E-state index in [2.05, 4.69) is 24.1 Å². The van der Waals surface area contributed by atoms with E-state index < -0.39 is 0 Å². The summed E-state index contributed by atoms with van der Waals surface area (Å²) in [6, 6.07) is 3.63. The highest BCUT2D eigenvalue weighted by Gasteiger charge is 2.24. The minimum Gasteiger partial charge on any atom is -0.397 e. The summed E-state index contributed by atoms with van der Waals surface area (Å²) in [5, 5.41) is 7.13. The third-order valence-electron chi connectivity index (χ3n) is 2.84. The van der Waals surface area contributed by atoms with E-state index in [0.29, 0.717) is 10.7 Å². The van der Waals surface area contributed by atoms with E-state index in [1.807, 2.05) is 24.4 Å². The Morgan fingerprint density at radius 3 is 2.72 bits per heavy atom. The number of hydrogen-bond acceptors (Lipinski definition) is 4. The second kappa shape index (κ2) is 4.78. The number of benzene rings is 1. The normalized spacial score (nSPS) is 11.6. The number of anilines is 2. The molecule has 0 spiro atoms. The summed E-state index contributed by atoms with van der Waals surface area (Å²) in [5.41, 5.74) is 8.27. The molecule has 0 aliphatic carbocycles. The Labute approximate surface area is 116 Å². The summed E-state index contributed by atoms with van der Waals surface area (Å²) < 4.78 is 0. The highest BCUT2D eigenvalue weighted by atomic mass is 35.5. The maximum atomic E-state index is 6.13. The molecule has 0 bridgehead atoms. The van der Waals surface area contributed by atoms with Crippen molar-refractivity contribution >= 4 is 34.3 Å². The topological polar surface area (TPSA) is 50.9 Å². The van der Waals surface area contributed by atoms with Crippen LogP contribution in [-0.2, 0) is 5.54 Å². The SMILES string of the molecule is Cc1c(Cl)ccc(N)c1NC(C)(C)c1nccs1. The molecule has 96 valence electrons. The average Bonchev–Trinajstić information content (AvgIpc) is 2.84. The van der Waals surface area contributed by atoms with E-state index in [1.165, 1.54) is 0 Å². The number of hydrogen-bond donors (Lipinski definition) is 2.